The molecule has 1 heterocycles. The molecule has 0 aliphatic carbocycles. The zero-order valence-corrected chi connectivity index (χ0v) is 8.21. The molecule has 0 radical (unpaired) electrons. The maximum absolute atomic E-state index is 10.2. The molecule has 6 heteroatoms. The third kappa shape index (κ3) is 3.62. The number of halogens is 2. The average Bonchev–Trinajstić information content (AvgIpc) is 1.64. The molecule has 0 spiro atoms. The Balaban J connectivity index is 0. The molecule has 0 saturated heterocycles. The van der Waals surface area contributed by atoms with Crippen LogP contribution in [-0.4, -0.2) is 9.97 Å². The molecule has 0 amide bonds. The second-order valence-corrected chi connectivity index (χ2v) is 1.30. The van der Waals surface area contributed by atoms with E-state index in [1.165, 1.54) is 12.3 Å². The van der Waals surface area contributed by atoms with Gasteiger partial charge in [-0.1, -0.05) is 0 Å². The van der Waals surface area contributed by atoms with Crippen LogP contribution in [0.3, 0.4) is 0 Å². The molecule has 58 valence electrons. The zero-order valence-electron chi connectivity index (χ0n) is 4.79. The summed E-state index contributed by atoms with van der Waals surface area (Å²) in [6.45, 7) is 0. The fraction of sp³-hybridized carbons (Fsp3) is 0. The molecule has 0 unspecified atom stereocenters. The average molecular weight is 274 g/mol. The molecule has 1 aromatic rings. The van der Waals surface area contributed by atoms with Crippen molar-refractivity contribution in [2.75, 3.05) is 0 Å². The van der Waals surface area contributed by atoms with E-state index in [0.717, 1.165) is 0 Å². The van der Waals surface area contributed by atoms with E-state index in [4.69, 9.17) is 0 Å². The van der Waals surface area contributed by atoms with Gasteiger partial charge in [0.05, 0.1) is 0 Å². The van der Waals surface area contributed by atoms with E-state index >= 15 is 0 Å². The maximum atomic E-state index is 10.2. The van der Waals surface area contributed by atoms with Crippen molar-refractivity contribution >= 4 is 34.0 Å². The Kier molecular flexibility index (Phi) is 6.69. The van der Waals surface area contributed by atoms with Gasteiger partial charge in [0.25, 0.3) is 5.56 Å². The highest BCUT2D eigenvalue weighted by Crippen LogP contribution is 1.51. The van der Waals surface area contributed by atoms with Crippen molar-refractivity contribution in [3.63, 3.8) is 0 Å². The third-order valence-corrected chi connectivity index (χ3v) is 0.686. The van der Waals surface area contributed by atoms with Gasteiger partial charge in [-0.25, -0.2) is 4.79 Å². The smallest absolute Gasteiger partial charge is 0.314 e. The minimum atomic E-state index is -0.475. The first-order valence-corrected chi connectivity index (χ1v) is 2.07. The van der Waals surface area contributed by atoms with E-state index in [1.54, 1.807) is 0 Å². The fourth-order valence-electron chi connectivity index (χ4n) is 0.383. The maximum Gasteiger partial charge on any atom is 0.325 e. The summed E-state index contributed by atoms with van der Waals surface area (Å²) in [5, 5.41) is 0. The van der Waals surface area contributed by atoms with Gasteiger partial charge in [-0.05, 0) is 0 Å². The van der Waals surface area contributed by atoms with E-state index in [-0.39, 0.29) is 39.5 Å². The van der Waals surface area contributed by atoms with Crippen molar-refractivity contribution in [2.45, 2.75) is 0 Å². The molecule has 0 bridgehead atoms. The predicted molar refractivity (Wildman–Crippen MR) is 48.3 cm³/mol. The van der Waals surface area contributed by atoms with Crippen LogP contribution in [0.2, 0.25) is 0 Å². The van der Waals surface area contributed by atoms with Gasteiger partial charge >= 0.3 is 5.69 Å². The normalized spacial score (nSPS) is 7.20. The topological polar surface area (TPSA) is 65.7 Å². The molecule has 2 N–H and O–H groups in total. The van der Waals surface area contributed by atoms with Crippen LogP contribution in [0.5, 0.6) is 0 Å². The van der Waals surface area contributed by atoms with Crippen LogP contribution >= 0.6 is 34.0 Å². The lowest BCUT2D eigenvalue weighted by molar-refractivity contribution is 1.04. The first-order valence-electron chi connectivity index (χ1n) is 2.07. The van der Waals surface area contributed by atoms with Crippen molar-refractivity contribution in [2.24, 2.45) is 0 Å². The molecule has 4 nitrogen and oxygen atoms in total. The summed E-state index contributed by atoms with van der Waals surface area (Å²) < 4.78 is 0. The van der Waals surface area contributed by atoms with Crippen molar-refractivity contribution in [3.8, 4) is 0 Å². The summed E-state index contributed by atoms with van der Waals surface area (Å²) in [6.07, 6.45) is 1.29. The molecule has 0 aliphatic rings. The summed E-state index contributed by atoms with van der Waals surface area (Å²) in [5.41, 5.74) is -0.855. The predicted octanol–water partition coefficient (Wildman–Crippen LogP) is 0.219. The van der Waals surface area contributed by atoms with E-state index in [2.05, 4.69) is 4.98 Å². The molecule has 0 aliphatic heterocycles. The Morgan fingerprint density at radius 1 is 1.20 bits per heavy atom. The quantitative estimate of drug-likeness (QED) is 0.710. The molecule has 0 fully saturated rings. The zero-order chi connectivity index (χ0) is 5.98. The summed E-state index contributed by atoms with van der Waals surface area (Å²) >= 11 is 0. The Labute approximate surface area is 77.2 Å². The van der Waals surface area contributed by atoms with Gasteiger partial charge in [-0.15, -0.1) is 34.0 Å². The van der Waals surface area contributed by atoms with E-state index < -0.39 is 5.69 Å². The van der Waals surface area contributed by atoms with Crippen LogP contribution in [0.15, 0.2) is 21.9 Å². The summed E-state index contributed by atoms with van der Waals surface area (Å²) in [7, 11) is 0. The minimum Gasteiger partial charge on any atom is -0.314 e. The van der Waals surface area contributed by atoms with Crippen LogP contribution in [0.1, 0.15) is 0 Å². The number of aromatic amines is 2. The SMILES string of the molecule is Br.Br.O=c1cc[nH]c(=O)[nH]1. The van der Waals surface area contributed by atoms with Crippen molar-refractivity contribution in [1.82, 2.24) is 9.97 Å². The van der Waals surface area contributed by atoms with Gasteiger partial charge in [0.15, 0.2) is 0 Å². The number of H-pyrrole nitrogens is 2. The minimum absolute atomic E-state index is 0. The van der Waals surface area contributed by atoms with Crippen LogP contribution in [-0.2, 0) is 0 Å². The van der Waals surface area contributed by atoms with Gasteiger partial charge in [0.2, 0.25) is 0 Å². The highest BCUT2D eigenvalue weighted by molar-refractivity contribution is 8.93. The van der Waals surface area contributed by atoms with Crippen molar-refractivity contribution in [3.05, 3.63) is 33.1 Å². The second-order valence-electron chi connectivity index (χ2n) is 1.30. The van der Waals surface area contributed by atoms with Crippen molar-refractivity contribution < 1.29 is 0 Å². The van der Waals surface area contributed by atoms with Gasteiger partial charge in [-0.3, -0.25) is 9.78 Å². The largest absolute Gasteiger partial charge is 0.325 e. The van der Waals surface area contributed by atoms with Gasteiger partial charge < -0.3 is 4.98 Å². The summed E-state index contributed by atoms with van der Waals surface area (Å²) in [6, 6.07) is 1.24. The number of aromatic nitrogens is 2. The van der Waals surface area contributed by atoms with Crippen LogP contribution in [0, 0.1) is 0 Å². The first kappa shape index (κ1) is 12.3. The number of nitrogens with one attached hydrogen (secondary N) is 2. The molecule has 0 saturated carbocycles. The van der Waals surface area contributed by atoms with E-state index in [1.807, 2.05) is 4.98 Å². The van der Waals surface area contributed by atoms with Crippen LogP contribution < -0.4 is 11.2 Å². The molecular weight excluding hydrogens is 268 g/mol. The number of hydrogen-bond acceptors (Lipinski definition) is 2. The summed E-state index contributed by atoms with van der Waals surface area (Å²) in [4.78, 5) is 24.7. The molecule has 0 aromatic carbocycles. The highest BCUT2D eigenvalue weighted by Gasteiger charge is 1.77. The first-order chi connectivity index (χ1) is 3.79. The Morgan fingerprint density at radius 2 is 1.80 bits per heavy atom. The van der Waals surface area contributed by atoms with E-state index in [9.17, 15) is 9.59 Å². The molecular formula is C4H6Br2N2O2. The second kappa shape index (κ2) is 5.43. The number of rotatable bonds is 0. The Morgan fingerprint density at radius 3 is 2.10 bits per heavy atom. The Bertz CT molecular complexity index is 254. The molecule has 0 atom stereocenters. The molecule has 1 aromatic heterocycles. The Hall–Kier alpha value is -0.360. The monoisotopic (exact) mass is 272 g/mol. The van der Waals surface area contributed by atoms with Gasteiger partial charge in [0.1, 0.15) is 0 Å². The van der Waals surface area contributed by atoms with Crippen LogP contribution in [0.25, 0.3) is 0 Å². The number of hydrogen-bond donors (Lipinski definition) is 2. The van der Waals surface area contributed by atoms with Crippen LogP contribution in [0.4, 0.5) is 0 Å². The standard InChI is InChI=1S/C4H4N2O2.2BrH/c7-3-1-2-5-4(8)6-3;;/h1-2H,(H2,5,6,7,8);2*1H. The summed E-state index contributed by atoms with van der Waals surface area (Å²) in [5.74, 6) is 0. The third-order valence-electron chi connectivity index (χ3n) is 0.686. The van der Waals surface area contributed by atoms with Crippen molar-refractivity contribution in [1.29, 1.82) is 0 Å². The fourth-order valence-corrected chi connectivity index (χ4v) is 0.383. The lowest BCUT2D eigenvalue weighted by Crippen LogP contribution is -2.19. The lowest BCUT2D eigenvalue weighted by Gasteiger charge is -1.75. The highest BCUT2D eigenvalue weighted by atomic mass is 79.9. The molecule has 10 heavy (non-hydrogen) atoms. The van der Waals surface area contributed by atoms with E-state index in [0.29, 0.717) is 0 Å². The van der Waals surface area contributed by atoms with Gasteiger partial charge in [-0.2, -0.15) is 0 Å². The van der Waals surface area contributed by atoms with Gasteiger partial charge in [0, 0.05) is 12.3 Å². The molecule has 1 rings (SSSR count). The lowest BCUT2D eigenvalue weighted by atomic mass is 10.7.